The van der Waals surface area contributed by atoms with Crippen LogP contribution in [0.2, 0.25) is 0 Å². The number of Topliss-reactive ketones (excluding diaryl/α,β-unsaturated/α-hetero) is 1. The van der Waals surface area contributed by atoms with E-state index in [1.54, 1.807) is 29.7 Å². The quantitative estimate of drug-likeness (QED) is 0.322. The van der Waals surface area contributed by atoms with Gasteiger partial charge in [-0.25, -0.2) is 9.78 Å². The fourth-order valence-corrected chi connectivity index (χ4v) is 4.07. The van der Waals surface area contributed by atoms with E-state index < -0.39 is 23.9 Å². The molecule has 2 aromatic heterocycles. The first-order valence-electron chi connectivity index (χ1n) is 11.1. The number of imidazole rings is 1. The molecule has 0 amide bonds. The Balaban J connectivity index is 1.89. The summed E-state index contributed by atoms with van der Waals surface area (Å²) in [6.07, 6.45) is 0. The third-order valence-electron chi connectivity index (χ3n) is 5.81. The van der Waals surface area contributed by atoms with Crippen molar-refractivity contribution in [1.29, 1.82) is 5.26 Å². The highest BCUT2D eigenvalue weighted by molar-refractivity contribution is 5.98. The molecule has 0 atom stereocenters. The fraction of sp³-hybridized carbons (Fsp3) is 0.320. The van der Waals surface area contributed by atoms with Gasteiger partial charge in [-0.05, 0) is 25.1 Å². The van der Waals surface area contributed by atoms with Crippen molar-refractivity contribution < 1.29 is 14.3 Å². The zero-order chi connectivity index (χ0) is 24.9. The zero-order valence-electron chi connectivity index (χ0n) is 19.5. The molecular weight excluding hydrogens is 448 g/mol. The van der Waals surface area contributed by atoms with Gasteiger partial charge in [0.2, 0.25) is 5.95 Å². The summed E-state index contributed by atoms with van der Waals surface area (Å²) in [5, 5.41) is 12.4. The lowest BCUT2D eigenvalue weighted by Crippen LogP contribution is -2.44. The first-order valence-corrected chi connectivity index (χ1v) is 11.1. The Labute approximate surface area is 201 Å². The minimum Gasteiger partial charge on any atom is -0.464 e. The van der Waals surface area contributed by atoms with Crippen LogP contribution < -0.4 is 15.8 Å². The van der Waals surface area contributed by atoms with Gasteiger partial charge in [-0.2, -0.15) is 5.26 Å². The number of anilines is 1. The maximum absolute atomic E-state index is 13.8. The predicted molar refractivity (Wildman–Crippen MR) is 129 cm³/mol. The number of nitrogens with one attached hydrogen (secondary N) is 1. The number of benzene rings is 1. The van der Waals surface area contributed by atoms with E-state index in [1.807, 2.05) is 6.07 Å². The largest absolute Gasteiger partial charge is 0.464 e. The van der Waals surface area contributed by atoms with Gasteiger partial charge in [0.05, 0.1) is 37.3 Å². The zero-order valence-corrected chi connectivity index (χ0v) is 19.5. The molecule has 0 bridgehead atoms. The summed E-state index contributed by atoms with van der Waals surface area (Å²) in [4.78, 5) is 46.2. The molecule has 1 aliphatic rings. The lowest BCUT2D eigenvalue weighted by molar-refractivity contribution is 0.0587. The van der Waals surface area contributed by atoms with E-state index in [1.165, 1.54) is 19.2 Å². The summed E-state index contributed by atoms with van der Waals surface area (Å²) in [7, 11) is 1.21. The maximum Gasteiger partial charge on any atom is 0.354 e. The summed E-state index contributed by atoms with van der Waals surface area (Å²) in [6, 6.07) is 9.66. The van der Waals surface area contributed by atoms with Crippen molar-refractivity contribution >= 4 is 28.7 Å². The number of esters is 1. The van der Waals surface area contributed by atoms with E-state index in [0.29, 0.717) is 30.1 Å². The molecule has 178 valence electrons. The standard InChI is InChI=1S/C25H24N6O4/c1-3-4-10-30-22-19(28-25(30)29-11-8-27-9-12-29)14-20(24(34)35-2)31(23(22)33)16-21(32)18-7-5-6-17(13-18)15-26/h5-7,13-14,27H,8-12,16H2,1-2H3. The maximum atomic E-state index is 13.8. The molecule has 0 aliphatic carbocycles. The van der Waals surface area contributed by atoms with Crippen molar-refractivity contribution in [3.63, 3.8) is 0 Å². The number of hydrogen-bond acceptors (Lipinski definition) is 8. The smallest absolute Gasteiger partial charge is 0.354 e. The fourth-order valence-electron chi connectivity index (χ4n) is 4.07. The van der Waals surface area contributed by atoms with Crippen LogP contribution >= 0.6 is 0 Å². The SMILES string of the molecule is CC#CCn1c(N2CCNCC2)nc2cc(C(=O)OC)n(CC(=O)c3cccc(C#N)c3)c(=O)c21. The third kappa shape index (κ3) is 4.65. The molecule has 1 saturated heterocycles. The van der Waals surface area contributed by atoms with Crippen molar-refractivity contribution in [2.24, 2.45) is 0 Å². The Morgan fingerprint density at radius 1 is 1.20 bits per heavy atom. The molecule has 0 saturated carbocycles. The second kappa shape index (κ2) is 10.2. The molecule has 4 rings (SSSR count). The molecule has 35 heavy (non-hydrogen) atoms. The van der Waals surface area contributed by atoms with Crippen LogP contribution in [0.1, 0.15) is 33.3 Å². The average molecular weight is 473 g/mol. The van der Waals surface area contributed by atoms with Crippen LogP contribution in [0.15, 0.2) is 35.1 Å². The van der Waals surface area contributed by atoms with Crippen LogP contribution in [0.25, 0.3) is 11.0 Å². The number of aromatic nitrogens is 3. The molecule has 3 aromatic rings. The third-order valence-corrected chi connectivity index (χ3v) is 5.81. The number of hydrogen-bond donors (Lipinski definition) is 1. The number of fused-ring (bicyclic) bond motifs is 1. The monoisotopic (exact) mass is 472 g/mol. The highest BCUT2D eigenvalue weighted by Crippen LogP contribution is 2.22. The van der Waals surface area contributed by atoms with Gasteiger partial charge < -0.3 is 15.0 Å². The van der Waals surface area contributed by atoms with Gasteiger partial charge in [0.15, 0.2) is 5.78 Å². The molecule has 10 nitrogen and oxygen atoms in total. The van der Waals surface area contributed by atoms with Gasteiger partial charge in [-0.3, -0.25) is 18.7 Å². The molecule has 1 aliphatic heterocycles. The normalized spacial score (nSPS) is 13.1. The molecule has 0 radical (unpaired) electrons. The van der Waals surface area contributed by atoms with E-state index in [0.717, 1.165) is 17.7 Å². The molecule has 1 N–H and O–H groups in total. The molecule has 0 spiro atoms. The highest BCUT2D eigenvalue weighted by Gasteiger charge is 2.25. The summed E-state index contributed by atoms with van der Waals surface area (Å²) in [6.45, 7) is 4.50. The van der Waals surface area contributed by atoms with Gasteiger partial charge in [0.25, 0.3) is 5.56 Å². The van der Waals surface area contributed by atoms with Crippen LogP contribution in [-0.2, 0) is 17.8 Å². The van der Waals surface area contributed by atoms with Crippen LogP contribution in [0, 0.1) is 23.2 Å². The average Bonchev–Trinajstić information content (AvgIpc) is 3.27. The Bertz CT molecular complexity index is 1460. The van der Waals surface area contributed by atoms with Crippen molar-refractivity contribution in [2.75, 3.05) is 38.2 Å². The predicted octanol–water partition coefficient (Wildman–Crippen LogP) is 1.17. The molecular formula is C25H24N6O4. The summed E-state index contributed by atoms with van der Waals surface area (Å²) >= 11 is 0. The molecule has 3 heterocycles. The number of rotatable bonds is 6. The summed E-state index contributed by atoms with van der Waals surface area (Å²) in [5.41, 5.74) is 0.555. The van der Waals surface area contributed by atoms with Crippen molar-refractivity contribution in [3.05, 3.63) is 57.5 Å². The molecule has 1 fully saturated rings. The number of nitrogens with zero attached hydrogens (tertiary/aromatic N) is 5. The van der Waals surface area contributed by atoms with E-state index in [4.69, 9.17) is 10.00 Å². The van der Waals surface area contributed by atoms with E-state index in [9.17, 15) is 14.4 Å². The second-order valence-electron chi connectivity index (χ2n) is 7.92. The minimum atomic E-state index is -0.755. The lowest BCUT2D eigenvalue weighted by atomic mass is 10.1. The van der Waals surface area contributed by atoms with Crippen LogP contribution in [0.5, 0.6) is 0 Å². The van der Waals surface area contributed by atoms with Crippen molar-refractivity contribution in [2.45, 2.75) is 20.0 Å². The van der Waals surface area contributed by atoms with Crippen LogP contribution in [-0.4, -0.2) is 59.2 Å². The van der Waals surface area contributed by atoms with E-state index >= 15 is 0 Å². The number of ketones is 1. The topological polar surface area (TPSA) is 122 Å². The van der Waals surface area contributed by atoms with Crippen molar-refractivity contribution in [3.8, 4) is 17.9 Å². The Hall–Kier alpha value is -4.41. The number of carbonyl (C=O) groups is 2. The Morgan fingerprint density at radius 2 is 1.97 bits per heavy atom. The van der Waals surface area contributed by atoms with Crippen LogP contribution in [0.3, 0.4) is 0 Å². The van der Waals surface area contributed by atoms with Gasteiger partial charge >= 0.3 is 5.97 Å². The number of ether oxygens (including phenoxy) is 1. The minimum absolute atomic E-state index is 0.0760. The van der Waals surface area contributed by atoms with E-state index in [-0.39, 0.29) is 23.3 Å². The number of piperazine rings is 1. The summed E-state index contributed by atoms with van der Waals surface area (Å²) < 4.78 is 7.73. The van der Waals surface area contributed by atoms with Crippen LogP contribution in [0.4, 0.5) is 5.95 Å². The Morgan fingerprint density at radius 3 is 2.66 bits per heavy atom. The molecule has 0 unspecified atom stereocenters. The van der Waals surface area contributed by atoms with Gasteiger partial charge in [0.1, 0.15) is 11.2 Å². The van der Waals surface area contributed by atoms with Gasteiger partial charge in [-0.15, -0.1) is 5.92 Å². The molecule has 1 aromatic carbocycles. The first kappa shape index (κ1) is 23.7. The van der Waals surface area contributed by atoms with E-state index in [2.05, 4.69) is 27.0 Å². The van der Waals surface area contributed by atoms with Crippen molar-refractivity contribution in [1.82, 2.24) is 19.4 Å². The summed E-state index contributed by atoms with van der Waals surface area (Å²) in [5.74, 6) is 5.25. The lowest BCUT2D eigenvalue weighted by Gasteiger charge is -2.28. The Kier molecular flexibility index (Phi) is 6.95. The van der Waals surface area contributed by atoms with Gasteiger partial charge in [-0.1, -0.05) is 18.1 Å². The number of pyridine rings is 1. The second-order valence-corrected chi connectivity index (χ2v) is 7.92. The number of methoxy groups -OCH3 is 1. The number of nitriles is 1. The molecule has 10 heteroatoms. The first-order chi connectivity index (χ1) is 17.0. The van der Waals surface area contributed by atoms with Gasteiger partial charge in [0, 0.05) is 31.7 Å². The number of carbonyl (C=O) groups excluding carboxylic acids is 2. The highest BCUT2D eigenvalue weighted by atomic mass is 16.5.